The fraction of sp³-hybridized carbons (Fsp3) is 0.333. The first kappa shape index (κ1) is 16.1. The quantitative estimate of drug-likeness (QED) is 0.856. The predicted molar refractivity (Wildman–Crippen MR) is 90.4 cm³/mol. The van der Waals surface area contributed by atoms with Crippen molar-refractivity contribution in [1.82, 2.24) is 10.3 Å². The monoisotopic (exact) mass is 352 g/mol. The van der Waals surface area contributed by atoms with E-state index in [1.807, 2.05) is 18.2 Å². The zero-order valence-electron chi connectivity index (χ0n) is 12.6. The smallest absolute Gasteiger partial charge is 0.321 e. The van der Waals surface area contributed by atoms with Crippen molar-refractivity contribution in [3.8, 4) is 21.9 Å². The first-order valence-electron chi connectivity index (χ1n) is 6.91. The van der Waals surface area contributed by atoms with E-state index in [9.17, 15) is 4.79 Å². The third-order valence-electron chi connectivity index (χ3n) is 3.50. The first-order chi connectivity index (χ1) is 11.1. The average molecular weight is 352 g/mol. The lowest BCUT2D eigenvalue weighted by Gasteiger charge is -2.11. The number of rotatable bonds is 5. The highest BCUT2D eigenvalue weighted by molar-refractivity contribution is 7.99. The van der Waals surface area contributed by atoms with Gasteiger partial charge in [-0.3, -0.25) is 10.1 Å². The van der Waals surface area contributed by atoms with Gasteiger partial charge in [-0.2, -0.15) is 0 Å². The van der Waals surface area contributed by atoms with Gasteiger partial charge in [-0.15, -0.1) is 23.1 Å². The third kappa shape index (κ3) is 3.15. The van der Waals surface area contributed by atoms with Gasteiger partial charge < -0.3 is 14.6 Å². The Morgan fingerprint density at radius 3 is 2.87 bits per heavy atom. The molecule has 1 saturated heterocycles. The van der Waals surface area contributed by atoms with Crippen molar-refractivity contribution >= 4 is 29.1 Å². The van der Waals surface area contributed by atoms with Gasteiger partial charge >= 0.3 is 5.97 Å². The van der Waals surface area contributed by atoms with Crippen molar-refractivity contribution in [3.05, 3.63) is 29.4 Å². The largest absolute Gasteiger partial charge is 0.493 e. The summed E-state index contributed by atoms with van der Waals surface area (Å²) in [4.78, 5) is 16.4. The molecule has 6 nitrogen and oxygen atoms in total. The van der Waals surface area contributed by atoms with Crippen LogP contribution in [0.1, 0.15) is 10.4 Å². The number of aromatic nitrogens is 1. The molecule has 0 aliphatic carbocycles. The SMILES string of the molecule is COc1cccc(-c2cnc(C3NC(C(=O)O)CS3)s2)c1OC. The van der Waals surface area contributed by atoms with E-state index in [-0.39, 0.29) is 5.37 Å². The van der Waals surface area contributed by atoms with Gasteiger partial charge in [0.2, 0.25) is 0 Å². The van der Waals surface area contributed by atoms with Crippen molar-refractivity contribution in [1.29, 1.82) is 0 Å². The lowest BCUT2D eigenvalue weighted by molar-refractivity contribution is -0.138. The molecular formula is C15H16N2O4S2. The maximum atomic E-state index is 11.0. The molecule has 23 heavy (non-hydrogen) atoms. The molecule has 0 saturated carbocycles. The molecule has 1 aliphatic rings. The summed E-state index contributed by atoms with van der Waals surface area (Å²) in [5, 5.41) is 12.9. The Balaban J connectivity index is 1.87. The number of thiazole rings is 1. The number of thioether (sulfide) groups is 1. The molecule has 122 valence electrons. The van der Waals surface area contributed by atoms with Crippen LogP contribution in [0.5, 0.6) is 11.5 Å². The van der Waals surface area contributed by atoms with Crippen LogP contribution in [0.3, 0.4) is 0 Å². The molecular weight excluding hydrogens is 336 g/mol. The molecule has 1 aromatic carbocycles. The van der Waals surface area contributed by atoms with Gasteiger partial charge in [0.15, 0.2) is 11.5 Å². The minimum atomic E-state index is -0.828. The highest BCUT2D eigenvalue weighted by Crippen LogP contribution is 2.42. The van der Waals surface area contributed by atoms with Crippen LogP contribution in [-0.4, -0.2) is 42.1 Å². The second kappa shape index (κ2) is 6.77. The highest BCUT2D eigenvalue weighted by atomic mass is 32.2. The summed E-state index contributed by atoms with van der Waals surface area (Å²) >= 11 is 3.08. The number of methoxy groups -OCH3 is 2. The lowest BCUT2D eigenvalue weighted by Crippen LogP contribution is -2.33. The molecule has 0 bridgehead atoms. The molecule has 2 heterocycles. The molecule has 0 spiro atoms. The van der Waals surface area contributed by atoms with Gasteiger partial charge in [-0.25, -0.2) is 4.98 Å². The number of nitrogens with zero attached hydrogens (tertiary/aromatic N) is 1. The van der Waals surface area contributed by atoms with E-state index in [4.69, 9.17) is 14.6 Å². The topological polar surface area (TPSA) is 80.7 Å². The van der Waals surface area contributed by atoms with Gasteiger partial charge in [0, 0.05) is 17.5 Å². The lowest BCUT2D eigenvalue weighted by atomic mass is 10.1. The third-order valence-corrected chi connectivity index (χ3v) is 5.96. The number of carboxylic acid groups (broad SMARTS) is 1. The van der Waals surface area contributed by atoms with E-state index in [2.05, 4.69) is 10.3 Å². The molecule has 2 N–H and O–H groups in total. The average Bonchev–Trinajstić information content (AvgIpc) is 3.22. The zero-order valence-corrected chi connectivity index (χ0v) is 14.2. The van der Waals surface area contributed by atoms with Crippen LogP contribution in [0.2, 0.25) is 0 Å². The molecule has 8 heteroatoms. The summed E-state index contributed by atoms with van der Waals surface area (Å²) in [6.45, 7) is 0. The summed E-state index contributed by atoms with van der Waals surface area (Å²) in [5.41, 5.74) is 0.911. The Morgan fingerprint density at radius 1 is 1.39 bits per heavy atom. The first-order valence-corrected chi connectivity index (χ1v) is 8.78. The van der Waals surface area contributed by atoms with E-state index in [1.54, 1.807) is 32.2 Å². The minimum Gasteiger partial charge on any atom is -0.493 e. The summed E-state index contributed by atoms with van der Waals surface area (Å²) in [7, 11) is 3.21. The van der Waals surface area contributed by atoms with Crippen LogP contribution in [0.25, 0.3) is 10.4 Å². The minimum absolute atomic E-state index is 0.0912. The number of ether oxygens (including phenoxy) is 2. The van der Waals surface area contributed by atoms with Crippen molar-refractivity contribution in [2.75, 3.05) is 20.0 Å². The molecule has 3 rings (SSSR count). The molecule has 2 unspecified atom stereocenters. The highest BCUT2D eigenvalue weighted by Gasteiger charge is 2.32. The van der Waals surface area contributed by atoms with Crippen molar-refractivity contribution in [2.24, 2.45) is 0 Å². The van der Waals surface area contributed by atoms with Crippen LogP contribution in [0, 0.1) is 0 Å². The fourth-order valence-corrected chi connectivity index (χ4v) is 4.69. The number of aliphatic carboxylic acids is 1. The van der Waals surface area contributed by atoms with Crippen molar-refractivity contribution < 1.29 is 19.4 Å². The summed E-state index contributed by atoms with van der Waals surface area (Å²) in [6, 6.07) is 5.17. The second-order valence-electron chi connectivity index (χ2n) is 4.87. The van der Waals surface area contributed by atoms with Gasteiger partial charge in [0.05, 0.1) is 19.1 Å². The number of carboxylic acids is 1. The Bertz CT molecular complexity index is 719. The van der Waals surface area contributed by atoms with Gasteiger partial charge in [0.1, 0.15) is 16.4 Å². The van der Waals surface area contributed by atoms with Crippen LogP contribution < -0.4 is 14.8 Å². The zero-order chi connectivity index (χ0) is 16.4. The summed E-state index contributed by atoms with van der Waals surface area (Å²) in [5.74, 6) is 1.04. The predicted octanol–water partition coefficient (Wildman–Crippen LogP) is 2.62. The van der Waals surface area contributed by atoms with Gasteiger partial charge in [0.25, 0.3) is 0 Å². The van der Waals surface area contributed by atoms with E-state index >= 15 is 0 Å². The number of para-hydroxylation sites is 1. The molecule has 1 aromatic heterocycles. The van der Waals surface area contributed by atoms with E-state index in [1.165, 1.54) is 11.3 Å². The van der Waals surface area contributed by atoms with E-state index < -0.39 is 12.0 Å². The van der Waals surface area contributed by atoms with Gasteiger partial charge in [-0.1, -0.05) is 6.07 Å². The number of hydrogen-bond donors (Lipinski definition) is 2. The van der Waals surface area contributed by atoms with Gasteiger partial charge in [-0.05, 0) is 12.1 Å². The number of carbonyl (C=O) groups is 1. The standard InChI is InChI=1S/C15H16N2O4S2/c1-20-10-5-3-4-8(12(10)21-2)11-6-16-13(23-11)14-17-9(7-22-14)15(18)19/h3-6,9,14,17H,7H2,1-2H3,(H,18,19). The molecule has 1 aliphatic heterocycles. The summed E-state index contributed by atoms with van der Waals surface area (Å²) < 4.78 is 10.8. The Labute approximate surface area is 141 Å². The number of nitrogens with one attached hydrogen (secondary N) is 1. The molecule has 0 amide bonds. The van der Waals surface area contributed by atoms with Crippen LogP contribution >= 0.6 is 23.1 Å². The van der Waals surface area contributed by atoms with E-state index in [0.717, 1.165) is 15.4 Å². The maximum Gasteiger partial charge on any atom is 0.321 e. The molecule has 2 aromatic rings. The van der Waals surface area contributed by atoms with Crippen LogP contribution in [0.4, 0.5) is 0 Å². The fourth-order valence-electron chi connectivity index (χ4n) is 2.37. The second-order valence-corrected chi connectivity index (χ2v) is 7.07. The molecule has 0 radical (unpaired) electrons. The maximum absolute atomic E-state index is 11.0. The summed E-state index contributed by atoms with van der Waals surface area (Å²) in [6.07, 6.45) is 1.79. The number of benzene rings is 1. The Morgan fingerprint density at radius 2 is 2.22 bits per heavy atom. The Kier molecular flexibility index (Phi) is 4.74. The molecule has 2 atom stereocenters. The number of hydrogen-bond acceptors (Lipinski definition) is 7. The van der Waals surface area contributed by atoms with E-state index in [0.29, 0.717) is 17.3 Å². The Hall–Kier alpha value is -1.77. The van der Waals surface area contributed by atoms with Crippen LogP contribution in [-0.2, 0) is 4.79 Å². The van der Waals surface area contributed by atoms with Crippen molar-refractivity contribution in [3.63, 3.8) is 0 Å². The van der Waals surface area contributed by atoms with Crippen LogP contribution in [0.15, 0.2) is 24.4 Å². The van der Waals surface area contributed by atoms with Crippen molar-refractivity contribution in [2.45, 2.75) is 11.4 Å². The normalized spacial score (nSPS) is 20.4. The molecule has 1 fully saturated rings.